The zero-order valence-corrected chi connectivity index (χ0v) is 23.8. The molecule has 2 nitrogen and oxygen atoms in total. The van der Waals surface area contributed by atoms with Crippen LogP contribution in [-0.4, -0.2) is 9.55 Å². The molecule has 0 spiro atoms. The van der Waals surface area contributed by atoms with Crippen LogP contribution in [0, 0.1) is 6.92 Å². The van der Waals surface area contributed by atoms with Gasteiger partial charge in [0.25, 0.3) is 0 Å². The molecule has 202 valence electrons. The smallest absolute Gasteiger partial charge is 0.145 e. The van der Waals surface area contributed by atoms with E-state index in [-0.39, 0.29) is 0 Å². The van der Waals surface area contributed by atoms with Crippen LogP contribution < -0.4 is 0 Å². The molecule has 0 saturated carbocycles. The van der Waals surface area contributed by atoms with Crippen molar-refractivity contribution < 1.29 is 0 Å². The van der Waals surface area contributed by atoms with Crippen molar-refractivity contribution in [3.8, 4) is 22.5 Å². The molecule has 2 heteroatoms. The van der Waals surface area contributed by atoms with E-state index in [1.54, 1.807) is 0 Å². The Morgan fingerprint density at radius 2 is 1.31 bits per heavy atom. The minimum absolute atomic E-state index is 0.963. The molecular weight excluding hydrogens is 508 g/mol. The van der Waals surface area contributed by atoms with Gasteiger partial charge < -0.3 is 0 Å². The monoisotopic (exact) mass is 540 g/mol. The molecule has 0 aliphatic heterocycles. The van der Waals surface area contributed by atoms with Crippen LogP contribution in [0.15, 0.2) is 121 Å². The molecule has 0 radical (unpaired) electrons. The maximum atomic E-state index is 5.15. The van der Waals surface area contributed by atoms with Crippen molar-refractivity contribution in [3.05, 3.63) is 144 Å². The summed E-state index contributed by atoms with van der Waals surface area (Å²) in [5, 5.41) is 5.29. The quantitative estimate of drug-likeness (QED) is 0.203. The Hall–Kier alpha value is -4.95. The van der Waals surface area contributed by atoms with Gasteiger partial charge in [-0.15, -0.1) is 0 Å². The van der Waals surface area contributed by atoms with Crippen LogP contribution in [0.3, 0.4) is 0 Å². The summed E-state index contributed by atoms with van der Waals surface area (Å²) in [6.45, 7) is 2.20. The first-order valence-corrected chi connectivity index (χ1v) is 15.0. The molecule has 2 aliphatic carbocycles. The SMILES string of the molecule is Cc1ccc2c(-c3ccccc3)c3ccccc3c(C3=CC=C(n4c(-c5ccccc5)nc5c4C=CCC5)CC3)c2c1. The summed E-state index contributed by atoms with van der Waals surface area (Å²) in [5.41, 5.74) is 11.6. The molecule has 0 saturated heterocycles. The first-order chi connectivity index (χ1) is 20.8. The van der Waals surface area contributed by atoms with Crippen LogP contribution in [-0.2, 0) is 6.42 Å². The molecule has 0 atom stereocenters. The highest BCUT2D eigenvalue weighted by Gasteiger charge is 2.24. The van der Waals surface area contributed by atoms with Gasteiger partial charge in [0.15, 0.2) is 0 Å². The van der Waals surface area contributed by atoms with E-state index in [1.807, 2.05) is 0 Å². The molecule has 2 aliphatic rings. The van der Waals surface area contributed by atoms with Crippen molar-refractivity contribution >= 4 is 38.9 Å². The third-order valence-corrected chi connectivity index (χ3v) is 8.82. The Balaban J connectivity index is 1.34. The van der Waals surface area contributed by atoms with Gasteiger partial charge in [-0.1, -0.05) is 121 Å². The maximum absolute atomic E-state index is 5.15. The summed E-state index contributed by atoms with van der Waals surface area (Å²) in [7, 11) is 0. The van der Waals surface area contributed by atoms with E-state index in [0.717, 1.165) is 31.5 Å². The van der Waals surface area contributed by atoms with Gasteiger partial charge in [0.1, 0.15) is 5.82 Å². The van der Waals surface area contributed by atoms with Gasteiger partial charge in [0, 0.05) is 11.3 Å². The molecule has 42 heavy (non-hydrogen) atoms. The highest BCUT2D eigenvalue weighted by molar-refractivity contribution is 6.19. The Morgan fingerprint density at radius 3 is 2.05 bits per heavy atom. The Bertz CT molecular complexity index is 2070. The van der Waals surface area contributed by atoms with Gasteiger partial charge in [-0.25, -0.2) is 4.98 Å². The minimum Gasteiger partial charge on any atom is -0.296 e. The molecule has 0 N–H and O–H groups in total. The Morgan fingerprint density at radius 1 is 0.619 bits per heavy atom. The predicted octanol–water partition coefficient (Wildman–Crippen LogP) is 10.5. The highest BCUT2D eigenvalue weighted by atomic mass is 15.1. The van der Waals surface area contributed by atoms with Crippen molar-refractivity contribution in [3.63, 3.8) is 0 Å². The Labute approximate surface area is 247 Å². The van der Waals surface area contributed by atoms with Crippen molar-refractivity contribution in [1.29, 1.82) is 0 Å². The van der Waals surface area contributed by atoms with Crippen LogP contribution in [0.1, 0.15) is 41.8 Å². The number of rotatable bonds is 4. The lowest BCUT2D eigenvalue weighted by Gasteiger charge is -2.23. The van der Waals surface area contributed by atoms with E-state index in [4.69, 9.17) is 4.98 Å². The summed E-state index contributed by atoms with van der Waals surface area (Å²) in [6.07, 6.45) is 13.3. The third-order valence-electron chi connectivity index (χ3n) is 8.82. The molecular formula is C40H32N2. The summed E-state index contributed by atoms with van der Waals surface area (Å²) in [6, 6.07) is 37.4. The van der Waals surface area contributed by atoms with Crippen molar-refractivity contribution in [2.24, 2.45) is 0 Å². The van der Waals surface area contributed by atoms with Gasteiger partial charge in [-0.3, -0.25) is 4.57 Å². The lowest BCUT2D eigenvalue weighted by Crippen LogP contribution is -2.07. The third kappa shape index (κ3) is 4.06. The predicted molar refractivity (Wildman–Crippen MR) is 178 cm³/mol. The van der Waals surface area contributed by atoms with E-state index in [1.165, 1.54) is 72.0 Å². The van der Waals surface area contributed by atoms with Gasteiger partial charge in [-0.05, 0) is 88.6 Å². The highest BCUT2D eigenvalue weighted by Crippen LogP contribution is 2.44. The van der Waals surface area contributed by atoms with Crippen LogP contribution in [0.2, 0.25) is 0 Å². The molecule has 1 heterocycles. The number of nitrogens with zero attached hydrogens (tertiary/aromatic N) is 2. The standard InChI is InChI=1S/C40H32N2/c1-27-20-25-34-35(26-27)39(33-17-9-8-16-32(33)38(34)28-12-4-2-5-13-28)29-21-23-31(24-22-29)42-37-19-11-10-18-36(37)41-40(42)30-14-6-3-7-15-30/h2-9,11-17,19-21,23,25-26H,10,18,22,24H2,1H3. The van der Waals surface area contributed by atoms with Gasteiger partial charge in [-0.2, -0.15) is 0 Å². The van der Waals surface area contributed by atoms with Gasteiger partial charge in [0.05, 0.1) is 11.4 Å². The van der Waals surface area contributed by atoms with E-state index >= 15 is 0 Å². The van der Waals surface area contributed by atoms with Crippen LogP contribution in [0.4, 0.5) is 0 Å². The van der Waals surface area contributed by atoms with E-state index in [9.17, 15) is 0 Å². The molecule has 8 rings (SSSR count). The molecule has 5 aromatic carbocycles. The average molecular weight is 541 g/mol. The topological polar surface area (TPSA) is 17.8 Å². The molecule has 1 aromatic heterocycles. The molecule has 0 fully saturated rings. The van der Waals surface area contributed by atoms with Crippen molar-refractivity contribution in [2.75, 3.05) is 0 Å². The number of hydrogen-bond acceptors (Lipinski definition) is 1. The fourth-order valence-electron chi connectivity index (χ4n) is 6.89. The molecule has 0 unspecified atom stereocenters. The zero-order valence-electron chi connectivity index (χ0n) is 23.8. The molecule has 0 amide bonds. The maximum Gasteiger partial charge on any atom is 0.145 e. The Kier molecular flexibility index (Phi) is 6.00. The number of benzene rings is 5. The number of hydrogen-bond donors (Lipinski definition) is 0. The summed E-state index contributed by atoms with van der Waals surface area (Å²) in [4.78, 5) is 5.15. The fraction of sp³-hybridized carbons (Fsp3) is 0.125. The van der Waals surface area contributed by atoms with Gasteiger partial charge >= 0.3 is 0 Å². The second-order valence-corrected chi connectivity index (χ2v) is 11.5. The molecule has 6 aromatic rings. The first-order valence-electron chi connectivity index (χ1n) is 15.0. The normalized spacial score (nSPS) is 14.6. The van der Waals surface area contributed by atoms with Crippen LogP contribution in [0.5, 0.6) is 0 Å². The largest absolute Gasteiger partial charge is 0.296 e. The summed E-state index contributed by atoms with van der Waals surface area (Å²) in [5.74, 6) is 1.05. The number of allylic oxidation sites excluding steroid dienone is 5. The first kappa shape index (κ1) is 24.8. The van der Waals surface area contributed by atoms with Crippen LogP contribution in [0.25, 0.3) is 61.4 Å². The number of aryl methyl sites for hydroxylation is 2. The van der Waals surface area contributed by atoms with Crippen LogP contribution >= 0.6 is 0 Å². The van der Waals surface area contributed by atoms with Crippen molar-refractivity contribution in [2.45, 2.75) is 32.6 Å². The van der Waals surface area contributed by atoms with E-state index in [2.05, 4.69) is 139 Å². The fourth-order valence-corrected chi connectivity index (χ4v) is 6.89. The second-order valence-electron chi connectivity index (χ2n) is 11.5. The van der Waals surface area contributed by atoms with Gasteiger partial charge in [0.2, 0.25) is 0 Å². The van der Waals surface area contributed by atoms with E-state index in [0.29, 0.717) is 0 Å². The number of fused-ring (bicyclic) bond motifs is 3. The number of aromatic nitrogens is 2. The lowest BCUT2D eigenvalue weighted by atomic mass is 9.83. The molecule has 0 bridgehead atoms. The number of imidazole rings is 1. The van der Waals surface area contributed by atoms with E-state index < -0.39 is 0 Å². The van der Waals surface area contributed by atoms with Crippen molar-refractivity contribution in [1.82, 2.24) is 9.55 Å². The second kappa shape index (κ2) is 10.2. The minimum atomic E-state index is 0.963. The lowest BCUT2D eigenvalue weighted by molar-refractivity contribution is 0.921. The summed E-state index contributed by atoms with van der Waals surface area (Å²) < 4.78 is 2.41. The summed E-state index contributed by atoms with van der Waals surface area (Å²) >= 11 is 0. The zero-order chi connectivity index (χ0) is 28.0. The average Bonchev–Trinajstić information content (AvgIpc) is 3.44.